The SMILES string of the molecule is COc1ccc(C=C[S+]([O-])CC(=O)/C=C/c2ccc(OC)c(O)c2)cc1O. The summed E-state index contributed by atoms with van der Waals surface area (Å²) in [5.41, 5.74) is 1.26. The molecule has 7 heteroatoms. The van der Waals surface area contributed by atoms with Crippen molar-refractivity contribution >= 4 is 29.1 Å². The minimum absolute atomic E-state index is 0.0211. The number of carbonyl (C=O) groups excluding carboxylic acids is 1. The molecular weight excluding hydrogens is 368 g/mol. The lowest BCUT2D eigenvalue weighted by atomic mass is 10.2. The lowest BCUT2D eigenvalue weighted by molar-refractivity contribution is -0.112. The molecule has 2 aromatic rings. The highest BCUT2D eigenvalue weighted by Gasteiger charge is 2.09. The van der Waals surface area contributed by atoms with Crippen molar-refractivity contribution in [2.45, 2.75) is 0 Å². The van der Waals surface area contributed by atoms with Gasteiger partial charge in [-0.15, -0.1) is 0 Å². The van der Waals surface area contributed by atoms with E-state index in [9.17, 15) is 19.6 Å². The van der Waals surface area contributed by atoms with E-state index in [-0.39, 0.29) is 23.0 Å². The van der Waals surface area contributed by atoms with E-state index in [0.29, 0.717) is 22.6 Å². The molecule has 0 heterocycles. The van der Waals surface area contributed by atoms with Gasteiger partial charge in [-0.1, -0.05) is 18.2 Å². The molecule has 1 atom stereocenters. The Kier molecular flexibility index (Phi) is 7.34. The standard InChI is InChI=1S/C20H20O6S/c1-25-19-7-4-14(11-17(19)22)3-6-16(21)13-27(24)10-9-15-5-8-20(26-2)18(23)12-15/h3-12,22-23H,13H2,1-2H3/b6-3+,10-9?. The van der Waals surface area contributed by atoms with Gasteiger partial charge in [0.2, 0.25) is 5.78 Å². The van der Waals surface area contributed by atoms with Gasteiger partial charge in [0.15, 0.2) is 28.8 Å². The molecule has 0 saturated heterocycles. The molecule has 0 amide bonds. The third-order valence-electron chi connectivity index (χ3n) is 3.56. The summed E-state index contributed by atoms with van der Waals surface area (Å²) in [6.07, 6.45) is 4.41. The maximum Gasteiger partial charge on any atom is 0.205 e. The first-order valence-corrected chi connectivity index (χ1v) is 9.31. The summed E-state index contributed by atoms with van der Waals surface area (Å²) in [7, 11) is 2.90. The Morgan fingerprint density at radius 1 is 1.00 bits per heavy atom. The number of carbonyl (C=O) groups is 1. The summed E-state index contributed by atoms with van der Waals surface area (Å²) >= 11 is -1.50. The third kappa shape index (κ3) is 6.09. The molecule has 0 aliphatic heterocycles. The van der Waals surface area contributed by atoms with Crippen molar-refractivity contribution in [3.63, 3.8) is 0 Å². The predicted molar refractivity (Wildman–Crippen MR) is 105 cm³/mol. The lowest BCUT2D eigenvalue weighted by Gasteiger charge is -2.05. The predicted octanol–water partition coefficient (Wildman–Crippen LogP) is 3.12. The number of aromatic hydroxyl groups is 2. The van der Waals surface area contributed by atoms with Crippen molar-refractivity contribution in [1.29, 1.82) is 0 Å². The summed E-state index contributed by atoms with van der Waals surface area (Å²) in [6.45, 7) is 0. The molecule has 0 radical (unpaired) electrons. The van der Waals surface area contributed by atoms with Gasteiger partial charge in [-0.2, -0.15) is 0 Å². The van der Waals surface area contributed by atoms with Crippen LogP contribution in [-0.2, 0) is 16.0 Å². The van der Waals surface area contributed by atoms with Crippen LogP contribution in [0.5, 0.6) is 23.0 Å². The first-order chi connectivity index (χ1) is 12.9. The normalized spacial score (nSPS) is 12.4. The number of allylic oxidation sites excluding steroid dienone is 1. The molecule has 27 heavy (non-hydrogen) atoms. The van der Waals surface area contributed by atoms with Crippen LogP contribution in [0, 0.1) is 0 Å². The fourth-order valence-corrected chi connectivity index (χ4v) is 2.98. The Hall–Kier alpha value is -2.90. The second-order valence-corrected chi connectivity index (χ2v) is 6.81. The molecule has 2 aromatic carbocycles. The molecule has 142 valence electrons. The van der Waals surface area contributed by atoms with Crippen molar-refractivity contribution in [3.05, 3.63) is 59.0 Å². The van der Waals surface area contributed by atoms with E-state index >= 15 is 0 Å². The van der Waals surface area contributed by atoms with E-state index < -0.39 is 11.2 Å². The van der Waals surface area contributed by atoms with Gasteiger partial charge in [0.05, 0.1) is 14.2 Å². The van der Waals surface area contributed by atoms with Crippen LogP contribution in [0.1, 0.15) is 11.1 Å². The molecule has 2 rings (SSSR count). The molecular formula is C20H20O6S. The Bertz CT molecular complexity index is 860. The quantitative estimate of drug-likeness (QED) is 0.532. The van der Waals surface area contributed by atoms with Crippen LogP contribution in [0.3, 0.4) is 0 Å². The monoisotopic (exact) mass is 388 g/mol. The number of hydrogen-bond acceptors (Lipinski definition) is 6. The van der Waals surface area contributed by atoms with Gasteiger partial charge in [0, 0.05) is 0 Å². The number of ketones is 1. The highest BCUT2D eigenvalue weighted by Crippen LogP contribution is 2.27. The van der Waals surface area contributed by atoms with E-state index in [4.69, 9.17) is 9.47 Å². The van der Waals surface area contributed by atoms with Crippen LogP contribution in [0.4, 0.5) is 0 Å². The number of methoxy groups -OCH3 is 2. The zero-order valence-electron chi connectivity index (χ0n) is 14.9. The number of benzene rings is 2. The first kappa shape index (κ1) is 20.4. The van der Waals surface area contributed by atoms with E-state index in [1.807, 2.05) is 0 Å². The first-order valence-electron chi connectivity index (χ1n) is 7.93. The Morgan fingerprint density at radius 3 is 2.00 bits per heavy atom. The van der Waals surface area contributed by atoms with Crippen molar-refractivity contribution in [1.82, 2.24) is 0 Å². The number of rotatable bonds is 8. The average Bonchev–Trinajstić information content (AvgIpc) is 2.65. The molecule has 0 aromatic heterocycles. The van der Waals surface area contributed by atoms with Crippen LogP contribution >= 0.6 is 0 Å². The fourth-order valence-electron chi connectivity index (χ4n) is 2.20. The summed E-state index contributed by atoms with van der Waals surface area (Å²) in [4.78, 5) is 11.9. The van der Waals surface area contributed by atoms with Gasteiger partial charge in [0.25, 0.3) is 0 Å². The van der Waals surface area contributed by atoms with Crippen molar-refractivity contribution in [2.24, 2.45) is 0 Å². The fraction of sp³-hybridized carbons (Fsp3) is 0.150. The van der Waals surface area contributed by atoms with Crippen LogP contribution < -0.4 is 9.47 Å². The maximum atomic E-state index is 12.0. The van der Waals surface area contributed by atoms with Gasteiger partial charge in [-0.05, 0) is 58.7 Å². The van der Waals surface area contributed by atoms with Crippen LogP contribution in [0.15, 0.2) is 47.9 Å². The van der Waals surface area contributed by atoms with E-state index in [0.717, 1.165) is 0 Å². The molecule has 6 nitrogen and oxygen atoms in total. The summed E-state index contributed by atoms with van der Waals surface area (Å²) in [5, 5.41) is 20.8. The van der Waals surface area contributed by atoms with Crippen LogP contribution in [-0.4, -0.2) is 40.5 Å². The molecule has 0 spiro atoms. The molecule has 0 aliphatic carbocycles. The maximum absolute atomic E-state index is 12.0. The van der Waals surface area contributed by atoms with Crippen molar-refractivity contribution in [2.75, 3.05) is 20.0 Å². The smallest absolute Gasteiger partial charge is 0.205 e. The van der Waals surface area contributed by atoms with E-state index in [2.05, 4.69) is 0 Å². The minimum atomic E-state index is -1.50. The molecule has 0 bridgehead atoms. The van der Waals surface area contributed by atoms with Gasteiger partial charge in [-0.3, -0.25) is 4.79 Å². The van der Waals surface area contributed by atoms with Gasteiger partial charge >= 0.3 is 0 Å². The highest BCUT2D eigenvalue weighted by atomic mass is 32.2. The van der Waals surface area contributed by atoms with Crippen LogP contribution in [0.2, 0.25) is 0 Å². The zero-order chi connectivity index (χ0) is 19.8. The second kappa shape index (κ2) is 9.70. The Morgan fingerprint density at radius 2 is 1.52 bits per heavy atom. The summed E-state index contributed by atoms with van der Waals surface area (Å²) in [6, 6.07) is 9.51. The molecule has 1 unspecified atom stereocenters. The minimum Gasteiger partial charge on any atom is -0.612 e. The number of phenols is 2. The summed E-state index contributed by atoms with van der Waals surface area (Å²) < 4.78 is 21.9. The molecule has 0 fully saturated rings. The van der Waals surface area contributed by atoms with Crippen LogP contribution in [0.25, 0.3) is 12.2 Å². The Labute approximate surface area is 160 Å². The highest BCUT2D eigenvalue weighted by molar-refractivity contribution is 7.95. The van der Waals surface area contributed by atoms with Crippen molar-refractivity contribution < 1.29 is 29.0 Å². The lowest BCUT2D eigenvalue weighted by Crippen LogP contribution is -2.11. The largest absolute Gasteiger partial charge is 0.612 e. The average molecular weight is 388 g/mol. The van der Waals surface area contributed by atoms with Gasteiger partial charge in [-0.25, -0.2) is 0 Å². The van der Waals surface area contributed by atoms with Gasteiger partial charge in [0.1, 0.15) is 5.41 Å². The number of phenolic OH excluding ortho intramolecular Hbond substituents is 2. The van der Waals surface area contributed by atoms with E-state index in [1.165, 1.54) is 43.9 Å². The third-order valence-corrected chi connectivity index (χ3v) is 4.57. The zero-order valence-corrected chi connectivity index (χ0v) is 15.7. The second-order valence-electron chi connectivity index (χ2n) is 5.49. The molecule has 0 aliphatic rings. The Balaban J connectivity index is 1.93. The van der Waals surface area contributed by atoms with Crippen molar-refractivity contribution in [3.8, 4) is 23.0 Å². The molecule has 2 N–H and O–H groups in total. The topological polar surface area (TPSA) is 99.1 Å². The summed E-state index contributed by atoms with van der Waals surface area (Å²) in [5.74, 6) is 0.156. The number of hydrogen-bond donors (Lipinski definition) is 2. The van der Waals surface area contributed by atoms with Gasteiger partial charge < -0.3 is 24.2 Å². The number of ether oxygens (including phenoxy) is 2. The van der Waals surface area contributed by atoms with E-state index in [1.54, 1.807) is 30.3 Å². The molecule has 0 saturated carbocycles.